The van der Waals surface area contributed by atoms with Crippen LogP contribution in [-0.2, 0) is 22.6 Å². The number of nitrogens with zero attached hydrogens (tertiary/aromatic N) is 2. The van der Waals surface area contributed by atoms with Gasteiger partial charge < -0.3 is 19.9 Å². The summed E-state index contributed by atoms with van der Waals surface area (Å²) in [5, 5.41) is 6.02. The van der Waals surface area contributed by atoms with E-state index in [1.54, 1.807) is 18.0 Å². The number of carbonyl (C=O) groups is 1. The Labute approximate surface area is 108 Å². The molecule has 1 aromatic heterocycles. The molecule has 0 unspecified atom stereocenters. The van der Waals surface area contributed by atoms with Gasteiger partial charge in [0.2, 0.25) is 5.91 Å². The van der Waals surface area contributed by atoms with Gasteiger partial charge in [-0.25, -0.2) is 4.98 Å². The molecule has 0 saturated carbocycles. The Bertz CT molecular complexity index is 352. The molecule has 0 aliphatic heterocycles. The van der Waals surface area contributed by atoms with Gasteiger partial charge in [0.25, 0.3) is 0 Å². The molecule has 1 aromatic rings. The van der Waals surface area contributed by atoms with Crippen LogP contribution in [0, 0.1) is 0 Å². The monoisotopic (exact) mass is 254 g/mol. The van der Waals surface area contributed by atoms with Crippen LogP contribution in [0.4, 0.5) is 0 Å². The molecule has 102 valence electrons. The highest BCUT2D eigenvalue weighted by atomic mass is 16.5. The van der Waals surface area contributed by atoms with E-state index in [0.29, 0.717) is 19.7 Å². The Hall–Kier alpha value is -1.40. The lowest BCUT2D eigenvalue weighted by molar-refractivity contribution is -0.121. The van der Waals surface area contributed by atoms with Crippen molar-refractivity contribution in [3.8, 4) is 0 Å². The van der Waals surface area contributed by atoms with Crippen molar-refractivity contribution in [1.29, 1.82) is 0 Å². The Morgan fingerprint density at radius 2 is 2.39 bits per heavy atom. The first-order valence-corrected chi connectivity index (χ1v) is 6.23. The van der Waals surface area contributed by atoms with Crippen LogP contribution < -0.4 is 10.6 Å². The zero-order valence-corrected chi connectivity index (χ0v) is 11.1. The van der Waals surface area contributed by atoms with E-state index in [1.807, 2.05) is 13.1 Å². The number of rotatable bonds is 9. The minimum absolute atomic E-state index is 0.00139. The van der Waals surface area contributed by atoms with Crippen molar-refractivity contribution in [3.63, 3.8) is 0 Å². The van der Waals surface area contributed by atoms with Crippen LogP contribution in [0.25, 0.3) is 0 Å². The highest BCUT2D eigenvalue weighted by molar-refractivity contribution is 5.75. The van der Waals surface area contributed by atoms with Crippen LogP contribution in [-0.4, -0.2) is 42.3 Å². The molecule has 0 aliphatic carbocycles. The highest BCUT2D eigenvalue weighted by Crippen LogP contribution is 1.95. The van der Waals surface area contributed by atoms with Gasteiger partial charge >= 0.3 is 0 Å². The maximum Gasteiger partial charge on any atom is 0.239 e. The number of hydrogen-bond acceptors (Lipinski definition) is 4. The van der Waals surface area contributed by atoms with Crippen LogP contribution in [0.2, 0.25) is 0 Å². The summed E-state index contributed by atoms with van der Waals surface area (Å²) in [7, 11) is 1.65. The molecule has 0 atom stereocenters. The third-order valence-electron chi connectivity index (χ3n) is 2.42. The molecule has 0 fully saturated rings. The van der Waals surface area contributed by atoms with Gasteiger partial charge in [-0.05, 0) is 13.0 Å². The number of hydrogen-bond donors (Lipinski definition) is 2. The van der Waals surface area contributed by atoms with Crippen LogP contribution >= 0.6 is 0 Å². The molecular weight excluding hydrogens is 232 g/mol. The average Bonchev–Trinajstić information content (AvgIpc) is 2.80. The fourth-order valence-corrected chi connectivity index (χ4v) is 1.50. The van der Waals surface area contributed by atoms with Crippen molar-refractivity contribution in [2.75, 3.05) is 26.8 Å². The lowest BCUT2D eigenvalue weighted by Crippen LogP contribution is -2.28. The summed E-state index contributed by atoms with van der Waals surface area (Å²) in [5.74, 6) is -0.00139. The van der Waals surface area contributed by atoms with Gasteiger partial charge in [0.05, 0.1) is 12.0 Å². The number of methoxy groups -OCH3 is 1. The van der Waals surface area contributed by atoms with Gasteiger partial charge in [0.15, 0.2) is 0 Å². The number of imidazole rings is 1. The van der Waals surface area contributed by atoms with E-state index in [0.717, 1.165) is 25.2 Å². The van der Waals surface area contributed by atoms with Crippen molar-refractivity contribution in [1.82, 2.24) is 20.2 Å². The Balaban J connectivity index is 2.24. The third kappa shape index (κ3) is 5.79. The summed E-state index contributed by atoms with van der Waals surface area (Å²) in [4.78, 5) is 15.8. The van der Waals surface area contributed by atoms with Crippen molar-refractivity contribution in [3.05, 3.63) is 18.2 Å². The second kappa shape index (κ2) is 8.66. The van der Waals surface area contributed by atoms with E-state index >= 15 is 0 Å². The van der Waals surface area contributed by atoms with Crippen molar-refractivity contribution >= 4 is 5.91 Å². The summed E-state index contributed by atoms with van der Waals surface area (Å²) >= 11 is 0. The maximum absolute atomic E-state index is 11.6. The minimum Gasteiger partial charge on any atom is -0.385 e. The molecule has 0 radical (unpaired) electrons. The van der Waals surface area contributed by atoms with Gasteiger partial charge in [-0.1, -0.05) is 6.92 Å². The number of aromatic nitrogens is 2. The highest BCUT2D eigenvalue weighted by Gasteiger charge is 2.03. The van der Waals surface area contributed by atoms with Crippen LogP contribution in [0.15, 0.2) is 12.5 Å². The van der Waals surface area contributed by atoms with Gasteiger partial charge in [0.1, 0.15) is 6.54 Å². The molecule has 6 nitrogen and oxygen atoms in total. The van der Waals surface area contributed by atoms with Gasteiger partial charge in [-0.2, -0.15) is 0 Å². The normalized spacial score (nSPS) is 10.6. The fraction of sp³-hybridized carbons (Fsp3) is 0.667. The van der Waals surface area contributed by atoms with E-state index < -0.39 is 0 Å². The average molecular weight is 254 g/mol. The van der Waals surface area contributed by atoms with Crippen molar-refractivity contribution < 1.29 is 9.53 Å². The van der Waals surface area contributed by atoms with Crippen molar-refractivity contribution in [2.24, 2.45) is 0 Å². The molecule has 2 N–H and O–H groups in total. The van der Waals surface area contributed by atoms with E-state index in [9.17, 15) is 4.79 Å². The first kappa shape index (κ1) is 14.7. The standard InChI is InChI=1S/C12H22N4O2/c1-3-13-7-11-8-16(10-15-11)9-12(17)14-5-4-6-18-2/h8,10,13H,3-7,9H2,1-2H3,(H,14,17). The third-order valence-corrected chi connectivity index (χ3v) is 2.42. The Kier molecular flexibility index (Phi) is 7.05. The van der Waals surface area contributed by atoms with E-state index in [1.165, 1.54) is 0 Å². The number of ether oxygens (including phenoxy) is 1. The molecule has 1 heterocycles. The molecule has 6 heteroatoms. The molecule has 1 amide bonds. The minimum atomic E-state index is -0.00139. The number of nitrogens with one attached hydrogen (secondary N) is 2. The lowest BCUT2D eigenvalue weighted by Gasteiger charge is -2.05. The van der Waals surface area contributed by atoms with E-state index in [2.05, 4.69) is 15.6 Å². The maximum atomic E-state index is 11.6. The van der Waals surface area contributed by atoms with Gasteiger partial charge in [-0.15, -0.1) is 0 Å². The summed E-state index contributed by atoms with van der Waals surface area (Å²) < 4.78 is 6.70. The first-order valence-electron chi connectivity index (χ1n) is 6.23. The topological polar surface area (TPSA) is 68.2 Å². The molecular formula is C12H22N4O2. The van der Waals surface area contributed by atoms with Crippen molar-refractivity contribution in [2.45, 2.75) is 26.4 Å². The van der Waals surface area contributed by atoms with Crippen LogP contribution in [0.5, 0.6) is 0 Å². The largest absolute Gasteiger partial charge is 0.385 e. The molecule has 0 bridgehead atoms. The second-order valence-corrected chi connectivity index (χ2v) is 4.01. The zero-order chi connectivity index (χ0) is 13.2. The van der Waals surface area contributed by atoms with E-state index in [4.69, 9.17) is 4.74 Å². The molecule has 0 aliphatic rings. The zero-order valence-electron chi connectivity index (χ0n) is 11.1. The molecule has 0 aromatic carbocycles. The Morgan fingerprint density at radius 3 is 3.11 bits per heavy atom. The van der Waals surface area contributed by atoms with E-state index in [-0.39, 0.29) is 5.91 Å². The predicted molar refractivity (Wildman–Crippen MR) is 69.1 cm³/mol. The molecule has 18 heavy (non-hydrogen) atoms. The summed E-state index contributed by atoms with van der Waals surface area (Å²) in [5.41, 5.74) is 0.948. The van der Waals surface area contributed by atoms with Crippen LogP contribution in [0.3, 0.4) is 0 Å². The molecule has 0 spiro atoms. The molecule has 0 saturated heterocycles. The fourth-order valence-electron chi connectivity index (χ4n) is 1.50. The quantitative estimate of drug-likeness (QED) is 0.615. The Morgan fingerprint density at radius 1 is 1.56 bits per heavy atom. The van der Waals surface area contributed by atoms with Crippen LogP contribution in [0.1, 0.15) is 19.0 Å². The number of amides is 1. The smallest absolute Gasteiger partial charge is 0.239 e. The summed E-state index contributed by atoms with van der Waals surface area (Å²) in [6.45, 7) is 5.31. The van der Waals surface area contributed by atoms with Gasteiger partial charge in [0, 0.05) is 33.0 Å². The predicted octanol–water partition coefficient (Wildman–Crippen LogP) is 0.145. The number of carbonyl (C=O) groups excluding carboxylic acids is 1. The lowest BCUT2D eigenvalue weighted by atomic mass is 10.4. The summed E-state index contributed by atoms with van der Waals surface area (Å²) in [6.07, 6.45) is 4.40. The SMILES string of the molecule is CCNCc1cn(CC(=O)NCCCOC)cn1. The summed E-state index contributed by atoms with van der Waals surface area (Å²) in [6, 6.07) is 0. The first-order chi connectivity index (χ1) is 8.76. The molecule has 1 rings (SSSR count). The van der Waals surface area contributed by atoms with Gasteiger partial charge in [-0.3, -0.25) is 4.79 Å². The second-order valence-electron chi connectivity index (χ2n) is 4.01.